The van der Waals surface area contributed by atoms with Gasteiger partial charge in [-0.1, -0.05) is 13.8 Å². The first-order chi connectivity index (χ1) is 11.9. The van der Waals surface area contributed by atoms with Crippen molar-refractivity contribution in [3.05, 3.63) is 18.3 Å². The molecule has 1 aliphatic rings. The van der Waals surface area contributed by atoms with Crippen molar-refractivity contribution < 1.29 is 19.1 Å². The summed E-state index contributed by atoms with van der Waals surface area (Å²) in [5, 5.41) is 5.44. The first-order valence-corrected chi connectivity index (χ1v) is 8.32. The molecule has 0 bridgehead atoms. The third-order valence-corrected chi connectivity index (χ3v) is 3.99. The van der Waals surface area contributed by atoms with Gasteiger partial charge in [0, 0.05) is 31.2 Å². The van der Waals surface area contributed by atoms with E-state index in [2.05, 4.69) is 15.6 Å². The molecule has 2 N–H and O–H groups in total. The Labute approximate surface area is 146 Å². The van der Waals surface area contributed by atoms with Gasteiger partial charge in [0.1, 0.15) is 5.69 Å². The lowest BCUT2D eigenvalue weighted by Gasteiger charge is -2.33. The molecular formula is C17H24N4O4. The van der Waals surface area contributed by atoms with E-state index in [1.807, 2.05) is 13.8 Å². The number of methoxy groups -OCH3 is 1. The maximum Gasteiger partial charge on any atom is 0.314 e. The molecule has 25 heavy (non-hydrogen) atoms. The van der Waals surface area contributed by atoms with E-state index in [0.29, 0.717) is 18.8 Å². The molecule has 1 aromatic heterocycles. The fraction of sp³-hybridized carbons (Fsp3) is 0.529. The largest absolute Gasteiger partial charge is 0.480 e. The Morgan fingerprint density at radius 3 is 2.80 bits per heavy atom. The van der Waals surface area contributed by atoms with Crippen molar-refractivity contribution in [1.82, 2.24) is 15.2 Å². The fourth-order valence-electron chi connectivity index (χ4n) is 2.62. The second-order valence-corrected chi connectivity index (χ2v) is 6.27. The molecule has 8 heteroatoms. The summed E-state index contributed by atoms with van der Waals surface area (Å²) in [4.78, 5) is 41.9. The lowest BCUT2D eigenvalue weighted by atomic mass is 10.0. The van der Waals surface area contributed by atoms with E-state index < -0.39 is 11.8 Å². The number of nitrogens with zero attached hydrogens (tertiary/aromatic N) is 2. The number of carbonyl (C=O) groups excluding carboxylic acids is 3. The molecule has 8 nitrogen and oxygen atoms in total. The number of carbonyl (C=O) groups is 3. The normalized spacial score (nSPS) is 17.1. The second kappa shape index (κ2) is 8.46. The van der Waals surface area contributed by atoms with Gasteiger partial charge in [-0.25, -0.2) is 4.98 Å². The summed E-state index contributed by atoms with van der Waals surface area (Å²) in [5.74, 6) is -1.31. The highest BCUT2D eigenvalue weighted by Gasteiger charge is 2.29. The summed E-state index contributed by atoms with van der Waals surface area (Å²) in [6, 6.07) is 3.12. The summed E-state index contributed by atoms with van der Waals surface area (Å²) < 4.78 is 5.06. The molecule has 2 rings (SSSR count). The molecular weight excluding hydrogens is 324 g/mol. The smallest absolute Gasteiger partial charge is 0.314 e. The van der Waals surface area contributed by atoms with E-state index in [0.717, 1.165) is 12.8 Å². The zero-order chi connectivity index (χ0) is 18.4. The van der Waals surface area contributed by atoms with Crippen LogP contribution in [0.3, 0.4) is 0 Å². The molecule has 1 aliphatic heterocycles. The molecule has 1 fully saturated rings. The molecule has 0 aromatic carbocycles. The molecule has 0 radical (unpaired) electrons. The van der Waals surface area contributed by atoms with Crippen molar-refractivity contribution >= 4 is 23.4 Å². The van der Waals surface area contributed by atoms with Crippen LogP contribution in [0.1, 0.15) is 26.7 Å². The van der Waals surface area contributed by atoms with Crippen LogP contribution in [-0.4, -0.2) is 53.8 Å². The standard InChI is InChI=1S/C17H24N4O4/c1-11(2)14(22)19-12-6-5-9-21(10-12)17(24)15(23)20-13-7-4-8-18-16(13)25-3/h4,7-8,11-12H,5-6,9-10H2,1-3H3,(H,19,22)(H,20,23)/t12-/m0/s1. The second-order valence-electron chi connectivity index (χ2n) is 6.27. The van der Waals surface area contributed by atoms with E-state index in [9.17, 15) is 14.4 Å². The number of ether oxygens (including phenoxy) is 1. The van der Waals surface area contributed by atoms with Crippen molar-refractivity contribution in [2.45, 2.75) is 32.7 Å². The molecule has 0 saturated carbocycles. The van der Waals surface area contributed by atoms with Crippen molar-refractivity contribution in [2.24, 2.45) is 5.92 Å². The fourth-order valence-corrected chi connectivity index (χ4v) is 2.62. The maximum atomic E-state index is 12.4. The third-order valence-electron chi connectivity index (χ3n) is 3.99. The topological polar surface area (TPSA) is 101 Å². The summed E-state index contributed by atoms with van der Waals surface area (Å²) in [6.45, 7) is 4.45. The average Bonchev–Trinajstić information content (AvgIpc) is 2.61. The van der Waals surface area contributed by atoms with E-state index in [1.165, 1.54) is 18.2 Å². The van der Waals surface area contributed by atoms with Gasteiger partial charge in [-0.15, -0.1) is 0 Å². The number of aromatic nitrogens is 1. The molecule has 2 heterocycles. The van der Waals surface area contributed by atoms with Gasteiger partial charge in [-0.2, -0.15) is 0 Å². The van der Waals surface area contributed by atoms with Crippen LogP contribution >= 0.6 is 0 Å². The van der Waals surface area contributed by atoms with Gasteiger partial charge < -0.3 is 20.3 Å². The Bertz CT molecular complexity index is 647. The lowest BCUT2D eigenvalue weighted by Crippen LogP contribution is -2.52. The van der Waals surface area contributed by atoms with Crippen molar-refractivity contribution in [1.29, 1.82) is 0 Å². The predicted molar refractivity (Wildman–Crippen MR) is 92.0 cm³/mol. The van der Waals surface area contributed by atoms with Gasteiger partial charge >= 0.3 is 11.8 Å². The zero-order valence-electron chi connectivity index (χ0n) is 14.7. The van der Waals surface area contributed by atoms with Crippen molar-refractivity contribution in [3.63, 3.8) is 0 Å². The highest BCUT2D eigenvalue weighted by Crippen LogP contribution is 2.20. The van der Waals surface area contributed by atoms with Crippen LogP contribution in [0.5, 0.6) is 5.88 Å². The van der Waals surface area contributed by atoms with Crippen LogP contribution in [-0.2, 0) is 14.4 Å². The Morgan fingerprint density at radius 1 is 1.36 bits per heavy atom. The minimum atomic E-state index is -0.748. The minimum absolute atomic E-state index is 0.0520. The SMILES string of the molecule is COc1ncccc1NC(=O)C(=O)N1CCC[C@H](NC(=O)C(C)C)C1. The predicted octanol–water partition coefficient (Wildman–Crippen LogP) is 0.792. The molecule has 0 aliphatic carbocycles. The first-order valence-electron chi connectivity index (χ1n) is 8.32. The number of rotatable bonds is 4. The monoisotopic (exact) mass is 348 g/mol. The van der Waals surface area contributed by atoms with Crippen LogP contribution in [0.2, 0.25) is 0 Å². The number of amides is 3. The van der Waals surface area contributed by atoms with E-state index >= 15 is 0 Å². The molecule has 3 amide bonds. The van der Waals surface area contributed by atoms with Crippen molar-refractivity contribution in [3.8, 4) is 5.88 Å². The van der Waals surface area contributed by atoms with Gasteiger partial charge in [0.25, 0.3) is 0 Å². The van der Waals surface area contributed by atoms with Gasteiger partial charge in [-0.3, -0.25) is 14.4 Å². The number of pyridine rings is 1. The minimum Gasteiger partial charge on any atom is -0.480 e. The number of hydrogen-bond donors (Lipinski definition) is 2. The molecule has 0 spiro atoms. The zero-order valence-corrected chi connectivity index (χ0v) is 14.7. The molecule has 136 valence electrons. The van der Waals surface area contributed by atoms with Gasteiger partial charge in [0.15, 0.2) is 0 Å². The van der Waals surface area contributed by atoms with E-state index in [-0.39, 0.29) is 23.7 Å². The number of likely N-dealkylation sites (tertiary alicyclic amines) is 1. The summed E-state index contributed by atoms with van der Waals surface area (Å²) in [6.07, 6.45) is 3.06. The van der Waals surface area contributed by atoms with E-state index in [4.69, 9.17) is 4.74 Å². The van der Waals surface area contributed by atoms with Crippen LogP contribution in [0.15, 0.2) is 18.3 Å². The lowest BCUT2D eigenvalue weighted by molar-refractivity contribution is -0.144. The van der Waals surface area contributed by atoms with Crippen LogP contribution in [0, 0.1) is 5.92 Å². The molecule has 1 aromatic rings. The highest BCUT2D eigenvalue weighted by molar-refractivity contribution is 6.39. The Kier molecular flexibility index (Phi) is 6.32. The Balaban J connectivity index is 1.97. The van der Waals surface area contributed by atoms with Crippen LogP contribution in [0.4, 0.5) is 5.69 Å². The summed E-state index contributed by atoms with van der Waals surface area (Å²) >= 11 is 0. The molecule has 1 saturated heterocycles. The number of anilines is 1. The molecule has 1 atom stereocenters. The third kappa shape index (κ3) is 4.91. The quantitative estimate of drug-likeness (QED) is 0.784. The number of piperidine rings is 1. The average molecular weight is 348 g/mol. The van der Waals surface area contributed by atoms with Crippen LogP contribution in [0.25, 0.3) is 0 Å². The Hall–Kier alpha value is -2.64. The Morgan fingerprint density at radius 2 is 2.12 bits per heavy atom. The van der Waals surface area contributed by atoms with E-state index in [1.54, 1.807) is 12.1 Å². The summed E-state index contributed by atoms with van der Waals surface area (Å²) in [7, 11) is 1.44. The number of nitrogens with one attached hydrogen (secondary N) is 2. The molecule has 0 unspecified atom stereocenters. The number of hydrogen-bond acceptors (Lipinski definition) is 5. The van der Waals surface area contributed by atoms with Gasteiger partial charge in [0.2, 0.25) is 11.8 Å². The van der Waals surface area contributed by atoms with Crippen molar-refractivity contribution in [2.75, 3.05) is 25.5 Å². The highest BCUT2D eigenvalue weighted by atomic mass is 16.5. The maximum absolute atomic E-state index is 12.4. The van der Waals surface area contributed by atoms with Crippen LogP contribution < -0.4 is 15.4 Å². The van der Waals surface area contributed by atoms with Gasteiger partial charge in [0.05, 0.1) is 7.11 Å². The van der Waals surface area contributed by atoms with Gasteiger partial charge in [-0.05, 0) is 25.0 Å². The first kappa shape index (κ1) is 18.7. The summed E-state index contributed by atoms with van der Waals surface area (Å²) in [5.41, 5.74) is 0.338.